The molecule has 0 bridgehead atoms. The molecule has 1 saturated heterocycles. The monoisotopic (exact) mass is 251 g/mol. The molecule has 1 aromatic carbocycles. The molecular formula is C14H21NO3. The highest BCUT2D eigenvalue weighted by Gasteiger charge is 2.37. The Morgan fingerprint density at radius 2 is 2.06 bits per heavy atom. The van der Waals surface area contributed by atoms with Crippen LogP contribution in [0.4, 0.5) is 0 Å². The highest BCUT2D eigenvalue weighted by Crippen LogP contribution is 2.26. The maximum absolute atomic E-state index is 10.1. The zero-order valence-corrected chi connectivity index (χ0v) is 11.2. The number of ether oxygens (including phenoxy) is 2. The number of hydrogen-bond acceptors (Lipinski definition) is 4. The van der Waals surface area contributed by atoms with Gasteiger partial charge in [-0.15, -0.1) is 0 Å². The minimum atomic E-state index is -0.549. The molecule has 1 fully saturated rings. The van der Waals surface area contributed by atoms with Gasteiger partial charge in [0.15, 0.2) is 5.79 Å². The van der Waals surface area contributed by atoms with Crippen LogP contribution in [0, 0.1) is 0 Å². The minimum Gasteiger partial charge on any atom is -0.348 e. The fourth-order valence-electron chi connectivity index (χ4n) is 2.06. The molecule has 1 aromatic rings. The van der Waals surface area contributed by atoms with Gasteiger partial charge in [0.25, 0.3) is 0 Å². The van der Waals surface area contributed by atoms with Crippen molar-refractivity contribution in [2.24, 2.45) is 0 Å². The van der Waals surface area contributed by atoms with Crippen molar-refractivity contribution in [3.63, 3.8) is 0 Å². The van der Waals surface area contributed by atoms with Crippen molar-refractivity contribution in [2.45, 2.75) is 45.2 Å². The second-order valence-electron chi connectivity index (χ2n) is 5.19. The second-order valence-corrected chi connectivity index (χ2v) is 5.19. The fourth-order valence-corrected chi connectivity index (χ4v) is 2.06. The lowest BCUT2D eigenvalue weighted by Crippen LogP contribution is -2.41. The third-order valence-electron chi connectivity index (χ3n) is 3.23. The Morgan fingerprint density at radius 1 is 1.39 bits per heavy atom. The molecule has 4 heteroatoms. The summed E-state index contributed by atoms with van der Waals surface area (Å²) in [4.78, 5) is 0. The Bertz CT molecular complexity index is 380. The third kappa shape index (κ3) is 3.29. The zero-order valence-electron chi connectivity index (χ0n) is 11.2. The van der Waals surface area contributed by atoms with E-state index in [-0.39, 0.29) is 12.1 Å². The standard InChI is InChI=1S/C14H21NO3/c1-11(13-10-17-14(2,3)18-13)15(16)9-12-7-5-4-6-8-12/h4-8,11,13,16H,9-10H2,1-3H3/t11?,13-/m1/s1. The topological polar surface area (TPSA) is 41.9 Å². The summed E-state index contributed by atoms with van der Waals surface area (Å²) in [5, 5.41) is 11.4. The predicted molar refractivity (Wildman–Crippen MR) is 68.1 cm³/mol. The molecule has 1 unspecified atom stereocenters. The second kappa shape index (κ2) is 5.36. The van der Waals surface area contributed by atoms with Gasteiger partial charge in [-0.2, -0.15) is 5.06 Å². The van der Waals surface area contributed by atoms with Crippen molar-refractivity contribution in [1.82, 2.24) is 5.06 Å². The Balaban J connectivity index is 1.91. The minimum absolute atomic E-state index is 0.103. The highest BCUT2D eigenvalue weighted by molar-refractivity contribution is 5.14. The van der Waals surface area contributed by atoms with Crippen LogP contribution in [0.3, 0.4) is 0 Å². The van der Waals surface area contributed by atoms with Gasteiger partial charge in [-0.25, -0.2) is 0 Å². The smallest absolute Gasteiger partial charge is 0.163 e. The molecule has 100 valence electrons. The van der Waals surface area contributed by atoms with Gasteiger partial charge in [-0.05, 0) is 26.3 Å². The van der Waals surface area contributed by atoms with Crippen molar-refractivity contribution < 1.29 is 14.7 Å². The van der Waals surface area contributed by atoms with E-state index in [1.165, 1.54) is 5.06 Å². The molecule has 2 rings (SSSR count). The van der Waals surface area contributed by atoms with Gasteiger partial charge in [0.05, 0.1) is 12.6 Å². The first-order valence-electron chi connectivity index (χ1n) is 6.29. The third-order valence-corrected chi connectivity index (χ3v) is 3.23. The molecule has 1 heterocycles. The molecule has 0 spiro atoms. The van der Waals surface area contributed by atoms with E-state index < -0.39 is 5.79 Å². The van der Waals surface area contributed by atoms with Crippen LogP contribution in [-0.4, -0.2) is 34.8 Å². The molecule has 1 aliphatic rings. The maximum Gasteiger partial charge on any atom is 0.163 e. The normalized spacial score (nSPS) is 24.4. The fraction of sp³-hybridized carbons (Fsp3) is 0.571. The lowest BCUT2D eigenvalue weighted by atomic mass is 10.1. The summed E-state index contributed by atoms with van der Waals surface area (Å²) in [6, 6.07) is 9.77. The molecule has 1 aliphatic heterocycles. The zero-order chi connectivity index (χ0) is 13.2. The van der Waals surface area contributed by atoms with Crippen LogP contribution < -0.4 is 0 Å². The van der Waals surface area contributed by atoms with E-state index in [4.69, 9.17) is 9.47 Å². The molecule has 1 N–H and O–H groups in total. The van der Waals surface area contributed by atoms with E-state index in [1.54, 1.807) is 0 Å². The summed E-state index contributed by atoms with van der Waals surface area (Å²) in [5.74, 6) is -0.549. The van der Waals surface area contributed by atoms with Gasteiger partial charge < -0.3 is 14.7 Å². The average Bonchev–Trinajstić information content (AvgIpc) is 2.70. The van der Waals surface area contributed by atoms with Crippen LogP contribution in [0.5, 0.6) is 0 Å². The summed E-state index contributed by atoms with van der Waals surface area (Å²) >= 11 is 0. The lowest BCUT2D eigenvalue weighted by Gasteiger charge is -2.27. The van der Waals surface area contributed by atoms with Crippen LogP contribution in [-0.2, 0) is 16.0 Å². The molecule has 18 heavy (non-hydrogen) atoms. The summed E-state index contributed by atoms with van der Waals surface area (Å²) in [7, 11) is 0. The molecule has 0 aromatic heterocycles. The van der Waals surface area contributed by atoms with E-state index in [0.29, 0.717) is 13.2 Å². The highest BCUT2D eigenvalue weighted by atomic mass is 16.7. The van der Waals surface area contributed by atoms with Crippen LogP contribution in [0.15, 0.2) is 30.3 Å². The molecule has 0 saturated carbocycles. The SMILES string of the molecule is CC([C@H]1COC(C)(C)O1)N(O)Cc1ccccc1. The Hall–Kier alpha value is -0.940. The summed E-state index contributed by atoms with van der Waals surface area (Å²) in [6.45, 7) is 6.72. The Kier molecular flexibility index (Phi) is 4.02. The van der Waals surface area contributed by atoms with Gasteiger partial charge >= 0.3 is 0 Å². The Labute approximate surface area is 108 Å². The van der Waals surface area contributed by atoms with E-state index >= 15 is 0 Å². The van der Waals surface area contributed by atoms with Crippen molar-refractivity contribution in [2.75, 3.05) is 6.61 Å². The lowest BCUT2D eigenvalue weighted by molar-refractivity contribution is -0.184. The molecular weight excluding hydrogens is 230 g/mol. The largest absolute Gasteiger partial charge is 0.348 e. The molecule has 0 amide bonds. The maximum atomic E-state index is 10.1. The first-order valence-corrected chi connectivity index (χ1v) is 6.29. The van der Waals surface area contributed by atoms with Gasteiger partial charge in [0, 0.05) is 6.54 Å². The van der Waals surface area contributed by atoms with Gasteiger partial charge in [-0.3, -0.25) is 0 Å². The van der Waals surface area contributed by atoms with Crippen LogP contribution in [0.25, 0.3) is 0 Å². The van der Waals surface area contributed by atoms with E-state index in [9.17, 15) is 5.21 Å². The first kappa shape index (κ1) is 13.5. The van der Waals surface area contributed by atoms with Gasteiger partial charge in [-0.1, -0.05) is 30.3 Å². The summed E-state index contributed by atoms with van der Waals surface area (Å²) in [6.07, 6.45) is -0.103. The van der Waals surface area contributed by atoms with E-state index in [1.807, 2.05) is 51.1 Å². The van der Waals surface area contributed by atoms with Gasteiger partial charge in [0.2, 0.25) is 0 Å². The van der Waals surface area contributed by atoms with Crippen LogP contribution in [0.1, 0.15) is 26.3 Å². The molecule has 0 aliphatic carbocycles. The summed E-state index contributed by atoms with van der Waals surface area (Å²) < 4.78 is 11.3. The van der Waals surface area contributed by atoms with Crippen LogP contribution >= 0.6 is 0 Å². The van der Waals surface area contributed by atoms with E-state index in [2.05, 4.69) is 0 Å². The molecule has 0 radical (unpaired) electrons. The number of nitrogens with zero attached hydrogens (tertiary/aromatic N) is 1. The number of hydroxylamine groups is 2. The van der Waals surface area contributed by atoms with Gasteiger partial charge in [0.1, 0.15) is 6.10 Å². The quantitative estimate of drug-likeness (QED) is 0.834. The molecule has 2 atom stereocenters. The van der Waals surface area contributed by atoms with Crippen molar-refractivity contribution >= 4 is 0 Å². The van der Waals surface area contributed by atoms with Crippen LogP contribution in [0.2, 0.25) is 0 Å². The van der Waals surface area contributed by atoms with E-state index in [0.717, 1.165) is 5.56 Å². The van der Waals surface area contributed by atoms with Crippen molar-refractivity contribution in [3.8, 4) is 0 Å². The number of benzene rings is 1. The van der Waals surface area contributed by atoms with Crippen molar-refractivity contribution in [1.29, 1.82) is 0 Å². The number of hydrogen-bond donors (Lipinski definition) is 1. The first-order chi connectivity index (χ1) is 8.48. The average molecular weight is 251 g/mol. The predicted octanol–water partition coefficient (Wildman–Crippen LogP) is 2.42. The van der Waals surface area contributed by atoms with Crippen molar-refractivity contribution in [3.05, 3.63) is 35.9 Å². The molecule has 4 nitrogen and oxygen atoms in total. The number of rotatable bonds is 4. The Morgan fingerprint density at radius 3 is 2.61 bits per heavy atom. The summed E-state index contributed by atoms with van der Waals surface area (Å²) in [5.41, 5.74) is 1.07.